The summed E-state index contributed by atoms with van der Waals surface area (Å²) in [6.45, 7) is 5.71. The first-order chi connectivity index (χ1) is 6.68. The molecule has 6 heteroatoms. The van der Waals surface area contributed by atoms with Gasteiger partial charge in [0, 0.05) is 24.1 Å². The predicted octanol–water partition coefficient (Wildman–Crippen LogP) is -0.0186. The topological polar surface area (TPSA) is 78.4 Å². The number of aliphatic hydroxyl groups excluding tert-OH is 1. The molecule has 0 aromatic rings. The Balaban J connectivity index is 2.44. The number of nitrogens with one attached hydrogen (secondary N) is 2. The second kappa shape index (κ2) is 4.01. The summed E-state index contributed by atoms with van der Waals surface area (Å²) < 4.78 is 28.0. The molecular weight excluding hydrogens is 216 g/mol. The quantitative estimate of drug-likeness (QED) is 0.628. The SMILES string of the molecule is CC(C)(C)NS(=O)(=O)NCC1(CO)CC1. The standard InChI is InChI=1S/C9H20N2O3S/c1-8(2,3)11-15(13,14)10-6-9(7-12)4-5-9/h10-12H,4-7H2,1-3H3. The smallest absolute Gasteiger partial charge is 0.277 e. The summed E-state index contributed by atoms with van der Waals surface area (Å²) in [5.74, 6) is 0. The van der Waals surface area contributed by atoms with Crippen molar-refractivity contribution in [3.63, 3.8) is 0 Å². The van der Waals surface area contributed by atoms with E-state index < -0.39 is 15.7 Å². The molecule has 0 atom stereocenters. The predicted molar refractivity (Wildman–Crippen MR) is 58.6 cm³/mol. The van der Waals surface area contributed by atoms with E-state index in [2.05, 4.69) is 9.44 Å². The maximum atomic E-state index is 11.5. The molecule has 0 bridgehead atoms. The van der Waals surface area contributed by atoms with Gasteiger partial charge in [-0.05, 0) is 33.6 Å². The van der Waals surface area contributed by atoms with Gasteiger partial charge < -0.3 is 5.11 Å². The Morgan fingerprint density at radius 1 is 1.33 bits per heavy atom. The van der Waals surface area contributed by atoms with Crippen molar-refractivity contribution in [1.82, 2.24) is 9.44 Å². The molecule has 0 spiro atoms. The molecule has 0 unspecified atom stereocenters. The minimum absolute atomic E-state index is 0.0467. The first-order valence-corrected chi connectivity index (χ1v) is 6.56. The van der Waals surface area contributed by atoms with E-state index in [1.165, 1.54) is 0 Å². The molecule has 3 N–H and O–H groups in total. The average molecular weight is 236 g/mol. The van der Waals surface area contributed by atoms with Crippen LogP contribution in [0.4, 0.5) is 0 Å². The van der Waals surface area contributed by atoms with Gasteiger partial charge in [-0.25, -0.2) is 4.72 Å². The molecule has 0 aromatic carbocycles. The van der Waals surface area contributed by atoms with E-state index in [1.807, 2.05) is 0 Å². The summed E-state index contributed by atoms with van der Waals surface area (Å²) in [4.78, 5) is 0. The van der Waals surface area contributed by atoms with Crippen molar-refractivity contribution in [2.75, 3.05) is 13.2 Å². The molecule has 15 heavy (non-hydrogen) atoms. The number of aliphatic hydroxyl groups is 1. The molecule has 1 aliphatic rings. The zero-order valence-electron chi connectivity index (χ0n) is 9.50. The molecule has 0 heterocycles. The number of hydrogen-bond donors (Lipinski definition) is 3. The lowest BCUT2D eigenvalue weighted by Crippen LogP contribution is -2.48. The summed E-state index contributed by atoms with van der Waals surface area (Å²) in [6, 6.07) is 0. The van der Waals surface area contributed by atoms with E-state index in [0.717, 1.165) is 12.8 Å². The second-order valence-electron chi connectivity index (χ2n) is 5.33. The third-order valence-electron chi connectivity index (χ3n) is 2.37. The van der Waals surface area contributed by atoms with Gasteiger partial charge in [0.1, 0.15) is 0 Å². The molecule has 1 fully saturated rings. The van der Waals surface area contributed by atoms with Crippen molar-refractivity contribution < 1.29 is 13.5 Å². The summed E-state index contributed by atoms with van der Waals surface area (Å²) in [7, 11) is -3.45. The normalized spacial score (nSPS) is 20.3. The molecule has 1 aliphatic carbocycles. The monoisotopic (exact) mass is 236 g/mol. The van der Waals surface area contributed by atoms with Crippen molar-refractivity contribution in [3.05, 3.63) is 0 Å². The van der Waals surface area contributed by atoms with Crippen LogP contribution in [-0.4, -0.2) is 32.2 Å². The Labute approximate surface area is 91.4 Å². The van der Waals surface area contributed by atoms with Crippen molar-refractivity contribution in [2.24, 2.45) is 5.41 Å². The second-order valence-corrected chi connectivity index (χ2v) is 6.83. The zero-order valence-corrected chi connectivity index (χ0v) is 10.3. The van der Waals surface area contributed by atoms with Gasteiger partial charge in [-0.2, -0.15) is 13.1 Å². The van der Waals surface area contributed by atoms with Crippen LogP contribution in [0.25, 0.3) is 0 Å². The Kier molecular flexibility index (Phi) is 3.45. The van der Waals surface area contributed by atoms with Crippen LogP contribution >= 0.6 is 0 Å². The third-order valence-corrected chi connectivity index (χ3v) is 3.78. The van der Waals surface area contributed by atoms with Gasteiger partial charge in [-0.3, -0.25) is 0 Å². The first kappa shape index (κ1) is 12.9. The average Bonchev–Trinajstić information content (AvgIpc) is 2.77. The van der Waals surface area contributed by atoms with Crippen molar-refractivity contribution in [2.45, 2.75) is 39.2 Å². The molecule has 1 rings (SSSR count). The fourth-order valence-electron chi connectivity index (χ4n) is 1.25. The van der Waals surface area contributed by atoms with Crippen LogP contribution in [0.2, 0.25) is 0 Å². The summed E-state index contributed by atoms with van der Waals surface area (Å²) in [6.07, 6.45) is 1.78. The highest BCUT2D eigenvalue weighted by Gasteiger charge is 2.42. The van der Waals surface area contributed by atoms with Crippen LogP contribution in [0.3, 0.4) is 0 Å². The first-order valence-electron chi connectivity index (χ1n) is 5.08. The fraction of sp³-hybridized carbons (Fsp3) is 1.00. The highest BCUT2D eigenvalue weighted by molar-refractivity contribution is 7.87. The molecule has 0 amide bonds. The lowest BCUT2D eigenvalue weighted by Gasteiger charge is -2.21. The molecule has 1 saturated carbocycles. The maximum Gasteiger partial charge on any atom is 0.277 e. The van der Waals surface area contributed by atoms with Crippen LogP contribution in [0.5, 0.6) is 0 Å². The van der Waals surface area contributed by atoms with E-state index in [9.17, 15) is 8.42 Å². The van der Waals surface area contributed by atoms with E-state index >= 15 is 0 Å². The lowest BCUT2D eigenvalue weighted by molar-refractivity contribution is 0.213. The molecule has 90 valence electrons. The molecule has 0 aromatic heterocycles. The van der Waals surface area contributed by atoms with Gasteiger partial charge in [-0.1, -0.05) is 0 Å². The van der Waals surface area contributed by atoms with Gasteiger partial charge in [0.05, 0.1) is 0 Å². The van der Waals surface area contributed by atoms with Gasteiger partial charge >= 0.3 is 0 Å². The van der Waals surface area contributed by atoms with E-state index in [4.69, 9.17) is 5.11 Å². The Hall–Kier alpha value is -0.170. The molecule has 5 nitrogen and oxygen atoms in total. The summed E-state index contributed by atoms with van der Waals surface area (Å²) >= 11 is 0. The highest BCUT2D eigenvalue weighted by Crippen LogP contribution is 2.44. The van der Waals surface area contributed by atoms with Crippen LogP contribution in [0.15, 0.2) is 0 Å². The van der Waals surface area contributed by atoms with Crippen molar-refractivity contribution >= 4 is 10.2 Å². The number of rotatable bonds is 5. The van der Waals surface area contributed by atoms with E-state index in [-0.39, 0.29) is 12.0 Å². The lowest BCUT2D eigenvalue weighted by atomic mass is 10.1. The van der Waals surface area contributed by atoms with Gasteiger partial charge in [0.15, 0.2) is 0 Å². The van der Waals surface area contributed by atoms with Crippen molar-refractivity contribution in [1.29, 1.82) is 0 Å². The summed E-state index contributed by atoms with van der Waals surface area (Å²) in [5, 5.41) is 9.03. The fourth-order valence-corrected chi connectivity index (χ4v) is 2.63. The van der Waals surface area contributed by atoms with Crippen LogP contribution in [-0.2, 0) is 10.2 Å². The number of hydrogen-bond acceptors (Lipinski definition) is 3. The minimum Gasteiger partial charge on any atom is -0.396 e. The molecule has 0 aliphatic heterocycles. The maximum absolute atomic E-state index is 11.5. The largest absolute Gasteiger partial charge is 0.396 e. The Bertz CT molecular complexity index is 315. The van der Waals surface area contributed by atoms with Crippen LogP contribution in [0, 0.1) is 5.41 Å². The molecule has 0 radical (unpaired) electrons. The minimum atomic E-state index is -3.45. The van der Waals surface area contributed by atoms with Gasteiger partial charge in [0.25, 0.3) is 10.2 Å². The summed E-state index contributed by atoms with van der Waals surface area (Å²) in [5.41, 5.74) is -0.686. The Morgan fingerprint density at radius 3 is 2.20 bits per heavy atom. The van der Waals surface area contributed by atoms with Gasteiger partial charge in [0.2, 0.25) is 0 Å². The van der Waals surface area contributed by atoms with E-state index in [0.29, 0.717) is 6.54 Å². The zero-order chi connectivity index (χ0) is 11.7. The molecular formula is C9H20N2O3S. The van der Waals surface area contributed by atoms with Crippen LogP contribution in [0.1, 0.15) is 33.6 Å². The van der Waals surface area contributed by atoms with Gasteiger partial charge in [-0.15, -0.1) is 0 Å². The molecule has 0 saturated heterocycles. The van der Waals surface area contributed by atoms with Crippen molar-refractivity contribution in [3.8, 4) is 0 Å². The Morgan fingerprint density at radius 2 is 1.87 bits per heavy atom. The third kappa shape index (κ3) is 4.46. The van der Waals surface area contributed by atoms with Crippen LogP contribution < -0.4 is 9.44 Å². The van der Waals surface area contributed by atoms with E-state index in [1.54, 1.807) is 20.8 Å². The highest BCUT2D eigenvalue weighted by atomic mass is 32.2.